The van der Waals surface area contributed by atoms with Crippen molar-refractivity contribution in [3.8, 4) is 68.1 Å². The Hall–Kier alpha value is -14.1. The minimum absolute atomic E-state index is 0.0276. The minimum atomic E-state index is -0.930. The van der Waals surface area contributed by atoms with E-state index in [0.717, 1.165) is 12.1 Å². The monoisotopic (exact) mass is 1860 g/mol. The molecule has 9 N–H and O–H groups in total. The van der Waals surface area contributed by atoms with Gasteiger partial charge in [0.2, 0.25) is 35.6 Å². The summed E-state index contributed by atoms with van der Waals surface area (Å²) in [4.78, 5) is 145. The predicted octanol–water partition coefficient (Wildman–Crippen LogP) is 14.2. The number of anilines is 6. The molecule has 12 aromatic rings. The molecule has 4 atom stereocenters. The number of aromatic hydroxyl groups is 3. The second kappa shape index (κ2) is 38.8. The van der Waals surface area contributed by atoms with Crippen LogP contribution < -0.4 is 49.0 Å². The van der Waals surface area contributed by atoms with E-state index in [9.17, 15) is 44.1 Å². The zero-order valence-corrected chi connectivity index (χ0v) is 77.9. The number of pyridine rings is 3. The summed E-state index contributed by atoms with van der Waals surface area (Å²) in [6, 6.07) is 14.6. The molecule has 133 heavy (non-hydrogen) atoms. The number of carbonyl (C=O) groups excluding carboxylic acids is 3. The highest BCUT2D eigenvalue weighted by atomic mass is 35.5. The van der Waals surface area contributed by atoms with Crippen molar-refractivity contribution < 1.29 is 47.3 Å². The molecule has 0 spiro atoms. The first-order chi connectivity index (χ1) is 62.9. The molecule has 3 aliphatic heterocycles. The fourth-order valence-corrected chi connectivity index (χ4v) is 17.5. The number of nitrogens with zero attached hydrogens (tertiary/aromatic N) is 21. The van der Waals surface area contributed by atoms with Gasteiger partial charge in [-0.15, -0.1) is 0 Å². The van der Waals surface area contributed by atoms with E-state index in [4.69, 9.17) is 50.4 Å². The van der Waals surface area contributed by atoms with E-state index in [0.29, 0.717) is 126 Å². The van der Waals surface area contributed by atoms with E-state index < -0.39 is 57.3 Å². The van der Waals surface area contributed by atoms with Crippen LogP contribution in [-0.4, -0.2) is 198 Å². The normalized spacial score (nSPS) is 16.0. The molecule has 696 valence electrons. The number of phenols is 3. The smallest absolute Gasteiger partial charge is 0.355 e. The number of fused-ring (bicyclic) bond motifs is 3. The molecular formula is C94H104Cl2F4N24O9. The van der Waals surface area contributed by atoms with Crippen LogP contribution in [0.1, 0.15) is 180 Å². The lowest BCUT2D eigenvalue weighted by atomic mass is 10.0. The Morgan fingerprint density at radius 2 is 0.669 bits per heavy atom. The number of phenolic OH excluding ortho intramolecular Hbond substituents is 3. The van der Waals surface area contributed by atoms with Gasteiger partial charge in [-0.3, -0.25) is 14.4 Å². The van der Waals surface area contributed by atoms with Crippen molar-refractivity contribution in [2.45, 2.75) is 170 Å². The second-order valence-corrected chi connectivity index (χ2v) is 35.6. The summed E-state index contributed by atoms with van der Waals surface area (Å²) in [5.74, 6) is -5.34. The maximum Gasteiger partial charge on any atom is 0.355 e. The van der Waals surface area contributed by atoms with Gasteiger partial charge in [-0.25, -0.2) is 90.5 Å². The largest absolute Gasteiger partial charge is 0.507 e. The van der Waals surface area contributed by atoms with E-state index in [-0.39, 0.29) is 167 Å². The second-order valence-electron chi connectivity index (χ2n) is 34.8. The summed E-state index contributed by atoms with van der Waals surface area (Å²) in [7, 11) is 0. The van der Waals surface area contributed by atoms with Gasteiger partial charge in [0.05, 0.1) is 106 Å². The molecule has 9 aromatic heterocycles. The lowest BCUT2D eigenvalue weighted by molar-refractivity contribution is -0.129. The topological polar surface area (TPSA) is 430 Å². The van der Waals surface area contributed by atoms with Crippen molar-refractivity contribution in [3.05, 3.63) is 210 Å². The Kier molecular flexibility index (Phi) is 28.1. The van der Waals surface area contributed by atoms with Gasteiger partial charge in [0.1, 0.15) is 57.8 Å². The van der Waals surface area contributed by atoms with Gasteiger partial charge in [-0.05, 0) is 136 Å². The molecule has 0 bridgehead atoms. The van der Waals surface area contributed by atoms with Gasteiger partial charge in [-0.1, -0.05) is 144 Å². The van der Waals surface area contributed by atoms with Crippen LogP contribution in [0.15, 0.2) is 125 Å². The molecule has 0 aliphatic carbocycles. The fraction of sp³-hybridized carbons (Fsp3) is 0.362. The van der Waals surface area contributed by atoms with Crippen molar-refractivity contribution in [1.29, 1.82) is 0 Å². The lowest BCUT2D eigenvalue weighted by Gasteiger charge is -2.44. The first kappa shape index (κ1) is 96.5. The molecule has 3 amide bonds. The Balaban J connectivity index is 0.000000169. The lowest BCUT2D eigenvalue weighted by Crippen LogP contribution is -2.58. The van der Waals surface area contributed by atoms with E-state index in [1.165, 1.54) is 80.5 Å². The zero-order chi connectivity index (χ0) is 97.0. The molecule has 39 heteroatoms. The number of halogens is 6. The summed E-state index contributed by atoms with van der Waals surface area (Å²) in [6.07, 6.45) is 3.79. The summed E-state index contributed by atoms with van der Waals surface area (Å²) < 4.78 is 65.1. The van der Waals surface area contributed by atoms with Gasteiger partial charge in [0.25, 0.3) is 0 Å². The van der Waals surface area contributed by atoms with Crippen LogP contribution in [0.25, 0.3) is 83.9 Å². The van der Waals surface area contributed by atoms with Crippen LogP contribution in [0.3, 0.4) is 0 Å². The van der Waals surface area contributed by atoms with E-state index in [1.807, 2.05) is 125 Å². The highest BCUT2D eigenvalue weighted by molar-refractivity contribution is 6.34. The van der Waals surface area contributed by atoms with Crippen molar-refractivity contribution in [3.63, 3.8) is 0 Å². The Morgan fingerprint density at radius 3 is 0.962 bits per heavy atom. The predicted molar refractivity (Wildman–Crippen MR) is 506 cm³/mol. The molecule has 33 nitrogen and oxygen atoms in total. The van der Waals surface area contributed by atoms with Crippen LogP contribution in [-0.2, 0) is 14.4 Å². The molecule has 15 rings (SSSR count). The molecular weight excluding hydrogens is 1760 g/mol. The number of aromatic nitrogens is 15. The van der Waals surface area contributed by atoms with Crippen molar-refractivity contribution in [2.24, 2.45) is 0 Å². The SMILES string of the molecule is C=CC(=O)N1CCN(c2nc(=O)n(-c3c(C(C)C)nc(N)nc3C(C)C)c3nc(-c4c(O)cccc4F)c(Cl)cc23)[C@@H](C)C1.C=CC(=O)N1CCN(c2nc(=O)n(-c3c(C(C)C)nc(N)nc3C(C)C)c3nc(-c4c(O)cccc4F)c(F)cc23)[C@@H](C)C1.C=CC(=O)N1C[C@H](C)N(c2nc(=O)n(-c3c(C(C)C)nc(N)nc3C(C)C)c3nc(-c4c(O)cccc4F)c(Cl)cc23)C[C@H]1C. The molecule has 3 fully saturated rings. The van der Waals surface area contributed by atoms with Crippen LogP contribution in [0.5, 0.6) is 17.2 Å². The highest BCUT2D eigenvalue weighted by Crippen LogP contribution is 2.45. The minimum Gasteiger partial charge on any atom is -0.507 e. The van der Waals surface area contributed by atoms with E-state index >= 15 is 17.6 Å². The molecule has 0 saturated carbocycles. The number of benzene rings is 3. The Labute approximate surface area is 773 Å². The van der Waals surface area contributed by atoms with Gasteiger partial charge in [-0.2, -0.15) is 15.0 Å². The quantitative estimate of drug-likeness (QED) is 0.0343. The molecule has 0 radical (unpaired) electrons. The first-order valence-corrected chi connectivity index (χ1v) is 44.1. The number of amides is 3. The number of hydrogen-bond donors (Lipinski definition) is 6. The molecule has 3 aliphatic rings. The van der Waals surface area contributed by atoms with Crippen LogP contribution in [0.4, 0.5) is 52.9 Å². The van der Waals surface area contributed by atoms with Gasteiger partial charge in [0.15, 0.2) is 22.8 Å². The van der Waals surface area contributed by atoms with Gasteiger partial charge in [0, 0.05) is 76.5 Å². The maximum absolute atomic E-state index is 15.9. The number of nitrogens with two attached hydrogens (primary N) is 3. The van der Waals surface area contributed by atoms with Crippen molar-refractivity contribution in [2.75, 3.05) is 84.3 Å². The molecule has 3 saturated heterocycles. The third-order valence-electron chi connectivity index (χ3n) is 23.4. The first-order valence-electron chi connectivity index (χ1n) is 43.3. The average molecular weight is 1860 g/mol. The van der Waals surface area contributed by atoms with Crippen molar-refractivity contribution in [1.82, 2.24) is 88.2 Å². The zero-order valence-electron chi connectivity index (χ0n) is 76.4. The van der Waals surface area contributed by atoms with Crippen LogP contribution >= 0.6 is 23.2 Å². The summed E-state index contributed by atoms with van der Waals surface area (Å²) in [6.45, 7) is 44.0. The Bertz CT molecular complexity index is 6480. The van der Waals surface area contributed by atoms with Gasteiger partial charge < -0.3 is 61.9 Å². The number of nitrogen functional groups attached to an aromatic ring is 3. The number of hydrogen-bond acceptors (Lipinski definition) is 27. The number of carbonyl (C=O) groups is 3. The van der Waals surface area contributed by atoms with Gasteiger partial charge >= 0.3 is 17.1 Å². The van der Waals surface area contributed by atoms with Crippen molar-refractivity contribution >= 4 is 109 Å². The highest BCUT2D eigenvalue weighted by Gasteiger charge is 2.39. The standard InChI is InChI=1S/C32H36ClFN8O3.C31H34ClFN8O3.C31H34F2N8O3/c1-8-23(44)40-13-18(7)41(14-17(40)6)29-19-12-20(33)27(24-21(34)10-9-11-22(24)43)36-30(19)42(32(45)39-29)28-25(15(2)3)37-31(35)38-26(28)16(4)5;1-7-22(43)39-11-12-40(17(6)14-39)28-18-13-19(32)26(23-20(33)9-8-10-21(23)42)35-29(18)41(31(44)38-28)27-24(15(2)3)36-30(34)37-25(27)16(4)5;1-7-22(43)39-11-12-40(17(6)14-39)28-18-13-20(33)26(23-19(32)9-8-10-21(23)42)35-29(18)41(31(44)38-28)27-24(15(2)3)36-30(34)37-25(27)16(4)5/h8-12,15-18,43H,1,13-14H2,2-7H3,(H2,35,37,38);2*7-10,13,15-17,42H,1,11-12,14H2,2-6H3,(H2,34,36,37)/t17-,18+;2*17-/m100/s1. The summed E-state index contributed by atoms with van der Waals surface area (Å²) >= 11 is 13.5. The fourth-order valence-electron chi connectivity index (χ4n) is 17.0. The molecule has 12 heterocycles. The summed E-state index contributed by atoms with van der Waals surface area (Å²) in [5, 5.41) is 32.9. The van der Waals surface area contributed by atoms with E-state index in [1.54, 1.807) is 26.8 Å². The molecule has 3 aromatic carbocycles. The van der Waals surface area contributed by atoms with Crippen LogP contribution in [0.2, 0.25) is 10.0 Å². The van der Waals surface area contributed by atoms with E-state index in [2.05, 4.69) is 69.6 Å². The average Bonchev–Trinajstić information content (AvgIpc) is 0.735. The maximum atomic E-state index is 15.9. The number of rotatable bonds is 18. The molecule has 0 unspecified atom stereocenters. The Morgan fingerprint density at radius 1 is 0.383 bits per heavy atom. The van der Waals surface area contributed by atoms with Crippen LogP contribution in [0, 0.1) is 23.3 Å². The number of piperazine rings is 3. The summed E-state index contributed by atoms with van der Waals surface area (Å²) in [5.41, 5.74) is 18.9. The third-order valence-corrected chi connectivity index (χ3v) is 24.0. The third kappa shape index (κ3) is 18.6.